The highest BCUT2D eigenvalue weighted by Gasteiger charge is 2.08. The zero-order chi connectivity index (χ0) is 13.7. The van der Waals surface area contributed by atoms with E-state index in [1.54, 1.807) is 0 Å². The van der Waals surface area contributed by atoms with Gasteiger partial charge in [0, 0.05) is 16.5 Å². The molecule has 2 aromatic rings. The van der Waals surface area contributed by atoms with Crippen LogP contribution in [0.5, 0.6) is 0 Å². The molecule has 2 heteroatoms. The smallest absolute Gasteiger partial charge is 0.0998 e. The van der Waals surface area contributed by atoms with E-state index in [2.05, 4.69) is 24.2 Å². The fraction of sp³-hybridized carbons (Fsp3) is 0.235. The van der Waals surface area contributed by atoms with E-state index in [-0.39, 0.29) is 6.04 Å². The first kappa shape index (κ1) is 13.0. The molecule has 2 nitrogen and oxygen atoms in total. The molecule has 0 aliphatic rings. The lowest BCUT2D eigenvalue weighted by atomic mass is 10.0. The summed E-state index contributed by atoms with van der Waals surface area (Å²) >= 11 is 0. The quantitative estimate of drug-likeness (QED) is 0.832. The Morgan fingerprint density at radius 3 is 2.58 bits per heavy atom. The molecule has 94 valence electrons. The first-order valence-corrected chi connectivity index (χ1v) is 6.44. The van der Waals surface area contributed by atoms with E-state index >= 15 is 0 Å². The predicted molar refractivity (Wildman–Crippen MR) is 79.8 cm³/mol. The highest BCUT2D eigenvalue weighted by molar-refractivity contribution is 5.97. The zero-order valence-electron chi connectivity index (χ0n) is 11.0. The number of hydrogen-bond donors (Lipinski definition) is 1. The summed E-state index contributed by atoms with van der Waals surface area (Å²) in [6, 6.07) is 13.9. The van der Waals surface area contributed by atoms with Crippen molar-refractivity contribution < 1.29 is 0 Å². The van der Waals surface area contributed by atoms with Gasteiger partial charge in [0.1, 0.15) is 0 Å². The Morgan fingerprint density at radius 2 is 1.95 bits per heavy atom. The van der Waals surface area contributed by atoms with Crippen LogP contribution in [0.4, 0.5) is 5.69 Å². The highest BCUT2D eigenvalue weighted by atomic mass is 14.9. The molecule has 1 N–H and O–H groups in total. The Labute approximate surface area is 114 Å². The lowest BCUT2D eigenvalue weighted by Crippen LogP contribution is -2.16. The number of rotatable bonds is 4. The Bertz CT molecular complexity index is 659. The second-order valence-corrected chi connectivity index (χ2v) is 4.47. The molecule has 0 saturated heterocycles. The van der Waals surface area contributed by atoms with Gasteiger partial charge in [0.15, 0.2) is 0 Å². The van der Waals surface area contributed by atoms with E-state index in [9.17, 15) is 0 Å². The van der Waals surface area contributed by atoms with Crippen molar-refractivity contribution in [3.05, 3.63) is 42.0 Å². The van der Waals surface area contributed by atoms with Crippen molar-refractivity contribution in [2.24, 2.45) is 0 Å². The molecule has 0 saturated carbocycles. The Hall–Kier alpha value is -2.45. The van der Waals surface area contributed by atoms with Crippen LogP contribution in [-0.4, -0.2) is 6.04 Å². The largest absolute Gasteiger partial charge is 0.371 e. The number of nitrogens with zero attached hydrogens (tertiary/aromatic N) is 1. The fourth-order valence-corrected chi connectivity index (χ4v) is 2.20. The van der Waals surface area contributed by atoms with Crippen LogP contribution >= 0.6 is 0 Å². The van der Waals surface area contributed by atoms with Gasteiger partial charge in [0.2, 0.25) is 0 Å². The van der Waals surface area contributed by atoms with Gasteiger partial charge in [-0.2, -0.15) is 5.26 Å². The third-order valence-electron chi connectivity index (χ3n) is 3.15. The van der Waals surface area contributed by atoms with E-state index in [1.165, 1.54) is 0 Å². The standard InChI is InChI=1S/C17H16N2/c1-3-7-14(4-2)19-17-11-10-13(12-18)15-8-5-6-9-16(15)17/h2,5-6,8-11,14,19H,3,7H2,1H3. The van der Waals surface area contributed by atoms with Gasteiger partial charge in [0.05, 0.1) is 17.7 Å². The number of hydrogen-bond acceptors (Lipinski definition) is 2. The van der Waals surface area contributed by atoms with Crippen LogP contribution in [0.2, 0.25) is 0 Å². The van der Waals surface area contributed by atoms with Gasteiger partial charge in [-0.1, -0.05) is 43.5 Å². The number of anilines is 1. The maximum atomic E-state index is 9.14. The molecular formula is C17H16N2. The van der Waals surface area contributed by atoms with Crippen molar-refractivity contribution in [1.82, 2.24) is 0 Å². The molecule has 0 aliphatic carbocycles. The number of fused-ring (bicyclic) bond motifs is 1. The fourth-order valence-electron chi connectivity index (χ4n) is 2.20. The normalized spacial score (nSPS) is 11.5. The number of nitrogens with one attached hydrogen (secondary N) is 1. The summed E-state index contributed by atoms with van der Waals surface area (Å²) in [4.78, 5) is 0. The molecule has 1 unspecified atom stereocenters. The van der Waals surface area contributed by atoms with E-state index in [0.717, 1.165) is 29.3 Å². The summed E-state index contributed by atoms with van der Waals surface area (Å²) < 4.78 is 0. The minimum Gasteiger partial charge on any atom is -0.371 e. The van der Waals surface area contributed by atoms with Crippen molar-refractivity contribution >= 4 is 16.5 Å². The topological polar surface area (TPSA) is 35.8 Å². The summed E-state index contributed by atoms with van der Waals surface area (Å²) in [5.41, 5.74) is 1.68. The van der Waals surface area contributed by atoms with Gasteiger partial charge in [-0.05, 0) is 18.6 Å². The van der Waals surface area contributed by atoms with Crippen LogP contribution in [0.25, 0.3) is 10.8 Å². The van der Waals surface area contributed by atoms with Crippen LogP contribution in [0.1, 0.15) is 25.3 Å². The van der Waals surface area contributed by atoms with Gasteiger partial charge >= 0.3 is 0 Å². The molecule has 0 radical (unpaired) electrons. The molecule has 2 aromatic carbocycles. The predicted octanol–water partition coefficient (Wildman–Crippen LogP) is 3.93. The molecule has 0 bridgehead atoms. The third-order valence-corrected chi connectivity index (χ3v) is 3.15. The van der Waals surface area contributed by atoms with Crippen LogP contribution in [0, 0.1) is 23.7 Å². The summed E-state index contributed by atoms with van der Waals surface area (Å²) in [5.74, 6) is 2.77. The molecule has 0 amide bonds. The Kier molecular flexibility index (Phi) is 4.06. The van der Waals surface area contributed by atoms with E-state index in [4.69, 9.17) is 11.7 Å². The second-order valence-electron chi connectivity index (χ2n) is 4.47. The Morgan fingerprint density at radius 1 is 1.21 bits per heavy atom. The van der Waals surface area contributed by atoms with Crippen molar-refractivity contribution in [2.45, 2.75) is 25.8 Å². The van der Waals surface area contributed by atoms with Gasteiger partial charge in [-0.25, -0.2) is 0 Å². The number of terminal acetylenes is 1. The summed E-state index contributed by atoms with van der Waals surface area (Å²) in [6.45, 7) is 2.11. The minimum atomic E-state index is 0.0290. The van der Waals surface area contributed by atoms with Crippen molar-refractivity contribution in [2.75, 3.05) is 5.32 Å². The van der Waals surface area contributed by atoms with Crippen molar-refractivity contribution in [3.8, 4) is 18.4 Å². The average Bonchev–Trinajstić information content (AvgIpc) is 2.47. The number of benzene rings is 2. The summed E-state index contributed by atoms with van der Waals surface area (Å²) in [7, 11) is 0. The monoisotopic (exact) mass is 248 g/mol. The molecule has 2 rings (SSSR count). The van der Waals surface area contributed by atoms with Crippen molar-refractivity contribution in [1.29, 1.82) is 5.26 Å². The van der Waals surface area contributed by atoms with E-state index < -0.39 is 0 Å². The molecular weight excluding hydrogens is 232 g/mol. The van der Waals surface area contributed by atoms with Gasteiger partial charge in [0.25, 0.3) is 0 Å². The lowest BCUT2D eigenvalue weighted by Gasteiger charge is -2.16. The summed E-state index contributed by atoms with van der Waals surface area (Å²) in [6.07, 6.45) is 7.52. The first-order chi connectivity index (χ1) is 9.30. The minimum absolute atomic E-state index is 0.0290. The molecule has 0 spiro atoms. The third kappa shape index (κ3) is 2.69. The Balaban J connectivity index is 2.46. The van der Waals surface area contributed by atoms with Gasteiger partial charge in [-0.15, -0.1) is 6.42 Å². The van der Waals surface area contributed by atoms with Gasteiger partial charge in [-0.3, -0.25) is 0 Å². The zero-order valence-corrected chi connectivity index (χ0v) is 11.0. The molecule has 0 heterocycles. The first-order valence-electron chi connectivity index (χ1n) is 6.44. The van der Waals surface area contributed by atoms with Crippen LogP contribution in [0.15, 0.2) is 36.4 Å². The molecule has 1 atom stereocenters. The average molecular weight is 248 g/mol. The molecule has 0 fully saturated rings. The SMILES string of the molecule is C#CC(CCC)Nc1ccc(C#N)c2ccccc12. The molecule has 0 aromatic heterocycles. The summed E-state index contributed by atoms with van der Waals surface area (Å²) in [5, 5.41) is 14.5. The van der Waals surface area contributed by atoms with Crippen molar-refractivity contribution in [3.63, 3.8) is 0 Å². The van der Waals surface area contributed by atoms with Crippen LogP contribution in [-0.2, 0) is 0 Å². The van der Waals surface area contributed by atoms with E-state index in [1.807, 2.05) is 36.4 Å². The lowest BCUT2D eigenvalue weighted by molar-refractivity contribution is 0.756. The highest BCUT2D eigenvalue weighted by Crippen LogP contribution is 2.27. The van der Waals surface area contributed by atoms with Crippen LogP contribution < -0.4 is 5.32 Å². The van der Waals surface area contributed by atoms with Crippen LogP contribution in [0.3, 0.4) is 0 Å². The molecule has 19 heavy (non-hydrogen) atoms. The second kappa shape index (κ2) is 5.94. The van der Waals surface area contributed by atoms with E-state index in [0.29, 0.717) is 5.56 Å². The molecule has 0 aliphatic heterocycles. The number of nitriles is 1. The van der Waals surface area contributed by atoms with Gasteiger partial charge < -0.3 is 5.32 Å². The maximum Gasteiger partial charge on any atom is 0.0998 e. The maximum absolute atomic E-state index is 9.14.